The third-order valence-electron chi connectivity index (χ3n) is 5.23. The van der Waals surface area contributed by atoms with Gasteiger partial charge in [-0.05, 0) is 29.7 Å². The van der Waals surface area contributed by atoms with E-state index >= 15 is 0 Å². The fraction of sp³-hybridized carbons (Fsp3) is 0.182. The van der Waals surface area contributed by atoms with Crippen LogP contribution in [0.15, 0.2) is 64.3 Å². The van der Waals surface area contributed by atoms with Crippen LogP contribution in [0.1, 0.15) is 23.5 Å². The smallest absolute Gasteiger partial charge is 0.306 e. The lowest BCUT2D eigenvalue weighted by Crippen LogP contribution is -2.30. The average Bonchev–Trinajstić information content (AvgIpc) is 2.75. The topological polar surface area (TPSA) is 103 Å². The summed E-state index contributed by atoms with van der Waals surface area (Å²) in [5, 5.41) is 11.4. The van der Waals surface area contributed by atoms with Crippen molar-refractivity contribution in [2.45, 2.75) is 12.3 Å². The number of nitrogens with zero attached hydrogens (tertiary/aromatic N) is 3. The van der Waals surface area contributed by atoms with Crippen molar-refractivity contribution >= 4 is 22.5 Å². The van der Waals surface area contributed by atoms with E-state index in [9.17, 15) is 19.5 Å². The lowest BCUT2D eigenvalue weighted by Gasteiger charge is -2.19. The third kappa shape index (κ3) is 3.12. The molecule has 0 fully saturated rings. The zero-order chi connectivity index (χ0) is 21.4. The second-order valence-corrected chi connectivity index (χ2v) is 6.94. The Morgan fingerprint density at radius 2 is 1.87 bits per heavy atom. The molecule has 1 aromatic carbocycles. The molecule has 4 aromatic rings. The van der Waals surface area contributed by atoms with Crippen molar-refractivity contribution < 1.29 is 14.6 Å². The molecule has 0 unspecified atom stereocenters. The van der Waals surface area contributed by atoms with Gasteiger partial charge >= 0.3 is 5.97 Å². The van der Waals surface area contributed by atoms with Gasteiger partial charge in [0.25, 0.3) is 11.1 Å². The molecule has 0 bridgehead atoms. The Morgan fingerprint density at radius 1 is 1.13 bits per heavy atom. The van der Waals surface area contributed by atoms with Crippen molar-refractivity contribution in [3.63, 3.8) is 0 Å². The van der Waals surface area contributed by atoms with Crippen molar-refractivity contribution in [1.29, 1.82) is 0 Å². The van der Waals surface area contributed by atoms with E-state index in [-0.39, 0.29) is 28.8 Å². The number of esters is 1. The summed E-state index contributed by atoms with van der Waals surface area (Å²) in [7, 11) is 2.85. The molecule has 1 N–H and O–H groups in total. The van der Waals surface area contributed by atoms with Gasteiger partial charge in [-0.15, -0.1) is 0 Å². The van der Waals surface area contributed by atoms with Crippen LogP contribution in [0.5, 0.6) is 5.88 Å². The quantitative estimate of drug-likeness (QED) is 0.521. The van der Waals surface area contributed by atoms with Gasteiger partial charge in [0.15, 0.2) is 0 Å². The number of aryl methyl sites for hydroxylation is 1. The molecular formula is C22H19N3O5. The van der Waals surface area contributed by atoms with E-state index in [0.29, 0.717) is 5.52 Å². The van der Waals surface area contributed by atoms with Gasteiger partial charge in [-0.2, -0.15) is 4.98 Å². The van der Waals surface area contributed by atoms with Crippen LogP contribution in [0, 0.1) is 0 Å². The number of aromatic hydroxyl groups is 1. The second kappa shape index (κ2) is 7.47. The molecule has 0 aliphatic rings. The fourth-order valence-corrected chi connectivity index (χ4v) is 3.71. The molecule has 8 heteroatoms. The van der Waals surface area contributed by atoms with Crippen molar-refractivity contribution in [1.82, 2.24) is 14.0 Å². The zero-order valence-electron chi connectivity index (χ0n) is 16.4. The Morgan fingerprint density at radius 3 is 2.63 bits per heavy atom. The first-order valence-electron chi connectivity index (χ1n) is 9.28. The van der Waals surface area contributed by atoms with Gasteiger partial charge in [0.2, 0.25) is 5.88 Å². The second-order valence-electron chi connectivity index (χ2n) is 6.94. The molecule has 0 amide bonds. The number of benzene rings is 1. The third-order valence-corrected chi connectivity index (χ3v) is 5.23. The first kappa shape index (κ1) is 19.4. The van der Waals surface area contributed by atoms with Crippen LogP contribution in [0.2, 0.25) is 0 Å². The summed E-state index contributed by atoms with van der Waals surface area (Å²) in [6, 6.07) is 13.8. The molecule has 30 heavy (non-hydrogen) atoms. The van der Waals surface area contributed by atoms with Gasteiger partial charge in [0.05, 0.1) is 24.6 Å². The van der Waals surface area contributed by atoms with E-state index < -0.39 is 23.3 Å². The highest BCUT2D eigenvalue weighted by Gasteiger charge is 2.29. The summed E-state index contributed by atoms with van der Waals surface area (Å²) >= 11 is 0. The van der Waals surface area contributed by atoms with Gasteiger partial charge in [-0.1, -0.05) is 24.3 Å². The van der Waals surface area contributed by atoms with Crippen LogP contribution >= 0.6 is 0 Å². The molecule has 0 aliphatic carbocycles. The van der Waals surface area contributed by atoms with Crippen LogP contribution in [-0.4, -0.2) is 32.1 Å². The van der Waals surface area contributed by atoms with Crippen molar-refractivity contribution in [3.8, 4) is 5.88 Å². The van der Waals surface area contributed by atoms with Gasteiger partial charge < -0.3 is 14.4 Å². The number of hydrogen-bond acceptors (Lipinski definition) is 6. The Balaban J connectivity index is 2.04. The number of para-hydroxylation sites is 1. The number of fused-ring (bicyclic) bond motifs is 2. The predicted octanol–water partition coefficient (Wildman–Crippen LogP) is 1.95. The summed E-state index contributed by atoms with van der Waals surface area (Å²) in [5.41, 5.74) is 0.109. The predicted molar refractivity (Wildman–Crippen MR) is 111 cm³/mol. The van der Waals surface area contributed by atoms with Crippen LogP contribution < -0.4 is 11.1 Å². The summed E-state index contributed by atoms with van der Waals surface area (Å²) in [6.07, 6.45) is 1.22. The molecule has 0 radical (unpaired) electrons. The van der Waals surface area contributed by atoms with E-state index in [1.165, 1.54) is 22.3 Å². The minimum Gasteiger partial charge on any atom is -0.493 e. The molecule has 0 aliphatic heterocycles. The first-order chi connectivity index (χ1) is 14.4. The minimum atomic E-state index is -1.03. The standard InChI is InChI=1S/C22H19N3O5/c1-24-16-8-4-3-7-13(16)11-15(21(24)28)14(12-18(26)30-2)19-20(27)23-17-9-5-6-10-25(17)22(19)29/h3-11,14,27H,12H2,1-2H3/t14-/m0/s1. The van der Waals surface area contributed by atoms with Gasteiger partial charge in [0.1, 0.15) is 5.65 Å². The van der Waals surface area contributed by atoms with Gasteiger partial charge in [0, 0.05) is 24.7 Å². The number of methoxy groups -OCH3 is 1. The highest BCUT2D eigenvalue weighted by Crippen LogP contribution is 2.31. The molecule has 0 saturated heterocycles. The SMILES string of the molecule is COC(=O)C[C@@H](c1cc2ccccc2n(C)c1=O)c1c(O)nc2ccccn2c1=O. The fourth-order valence-electron chi connectivity index (χ4n) is 3.71. The van der Waals surface area contributed by atoms with E-state index in [1.807, 2.05) is 18.2 Å². The number of ether oxygens (including phenoxy) is 1. The molecule has 0 saturated carbocycles. The van der Waals surface area contributed by atoms with E-state index in [4.69, 9.17) is 4.74 Å². The first-order valence-corrected chi connectivity index (χ1v) is 9.28. The highest BCUT2D eigenvalue weighted by molar-refractivity contribution is 5.80. The molecule has 8 nitrogen and oxygen atoms in total. The van der Waals surface area contributed by atoms with Crippen molar-refractivity contribution in [2.24, 2.45) is 7.05 Å². The molecular weight excluding hydrogens is 386 g/mol. The van der Waals surface area contributed by atoms with Crippen LogP contribution in [0.3, 0.4) is 0 Å². The number of carbonyl (C=O) groups is 1. The Labute approximate surface area is 170 Å². The number of carbonyl (C=O) groups excluding carboxylic acids is 1. The van der Waals surface area contributed by atoms with E-state index in [1.54, 1.807) is 37.4 Å². The van der Waals surface area contributed by atoms with Crippen molar-refractivity contribution in [2.75, 3.05) is 7.11 Å². The number of aromatic nitrogens is 3. The molecule has 3 aromatic heterocycles. The number of pyridine rings is 2. The van der Waals surface area contributed by atoms with E-state index in [2.05, 4.69) is 4.98 Å². The highest BCUT2D eigenvalue weighted by atomic mass is 16.5. The average molecular weight is 405 g/mol. The molecule has 4 rings (SSSR count). The molecule has 152 valence electrons. The number of hydrogen-bond donors (Lipinski definition) is 1. The molecule has 0 spiro atoms. The Kier molecular flexibility index (Phi) is 4.83. The monoisotopic (exact) mass is 405 g/mol. The maximum atomic E-state index is 13.2. The Bertz CT molecular complexity index is 1400. The lowest BCUT2D eigenvalue weighted by atomic mass is 9.89. The minimum absolute atomic E-state index is 0.128. The largest absolute Gasteiger partial charge is 0.493 e. The maximum Gasteiger partial charge on any atom is 0.306 e. The molecule has 3 heterocycles. The Hall–Kier alpha value is -3.94. The maximum absolute atomic E-state index is 13.2. The number of rotatable bonds is 4. The van der Waals surface area contributed by atoms with Crippen LogP contribution in [0.4, 0.5) is 0 Å². The van der Waals surface area contributed by atoms with Crippen LogP contribution in [0.25, 0.3) is 16.6 Å². The van der Waals surface area contributed by atoms with Crippen molar-refractivity contribution in [3.05, 3.63) is 86.6 Å². The summed E-state index contributed by atoms with van der Waals surface area (Å²) in [5.74, 6) is -2.17. The summed E-state index contributed by atoms with van der Waals surface area (Å²) < 4.78 is 7.51. The lowest BCUT2D eigenvalue weighted by molar-refractivity contribution is -0.140. The molecule has 1 atom stereocenters. The van der Waals surface area contributed by atoms with Gasteiger partial charge in [-0.25, -0.2) is 0 Å². The van der Waals surface area contributed by atoms with E-state index in [0.717, 1.165) is 5.39 Å². The normalized spacial score (nSPS) is 12.2. The van der Waals surface area contributed by atoms with Gasteiger partial charge in [-0.3, -0.25) is 18.8 Å². The van der Waals surface area contributed by atoms with Crippen LogP contribution in [-0.2, 0) is 16.6 Å². The summed E-state index contributed by atoms with van der Waals surface area (Å²) in [4.78, 5) is 42.6. The summed E-state index contributed by atoms with van der Waals surface area (Å²) in [6.45, 7) is 0. The zero-order valence-corrected chi connectivity index (χ0v) is 16.4.